The van der Waals surface area contributed by atoms with E-state index in [2.05, 4.69) is 10.6 Å². The molecule has 6 heteroatoms. The van der Waals surface area contributed by atoms with Crippen molar-refractivity contribution in [1.29, 1.82) is 0 Å². The molecule has 1 rings (SSSR count). The highest BCUT2D eigenvalue weighted by Crippen LogP contribution is 2.19. The minimum Gasteiger partial charge on any atom is -0.394 e. The number of amides is 1. The van der Waals surface area contributed by atoms with Crippen LogP contribution in [0.5, 0.6) is 0 Å². The van der Waals surface area contributed by atoms with E-state index < -0.39 is 24.6 Å². The van der Waals surface area contributed by atoms with E-state index in [1.165, 1.54) is 19.3 Å². The summed E-state index contributed by atoms with van der Waals surface area (Å²) in [5.74, 6) is -1.32. The summed E-state index contributed by atoms with van der Waals surface area (Å²) in [6, 6.07) is 4.50. The summed E-state index contributed by atoms with van der Waals surface area (Å²) in [4.78, 5) is 11.8. The van der Waals surface area contributed by atoms with Gasteiger partial charge in [-0.2, -0.15) is 0 Å². The Morgan fingerprint density at radius 1 is 1.42 bits per heavy atom. The highest BCUT2D eigenvalue weighted by Gasteiger charge is 2.16. The van der Waals surface area contributed by atoms with Gasteiger partial charge in [0.2, 0.25) is 6.43 Å². The predicted octanol–water partition coefficient (Wildman–Crippen LogP) is 2.83. The number of halogens is 3. The van der Waals surface area contributed by atoms with Crippen molar-refractivity contribution in [1.82, 2.24) is 5.32 Å². The molecule has 0 bridgehead atoms. The van der Waals surface area contributed by atoms with Crippen molar-refractivity contribution < 1.29 is 18.0 Å². The van der Waals surface area contributed by atoms with Crippen molar-refractivity contribution in [2.45, 2.75) is 19.8 Å². The molecule has 104 valence electrons. The Hall–Kier alpha value is -1.98. The molecular weight excluding hydrogens is 257 g/mol. The SMILES string of the molecule is CN/C=C(\CC(F)F)C(=O)Nc1cccc(C)c1F. The molecule has 19 heavy (non-hydrogen) atoms. The summed E-state index contributed by atoms with van der Waals surface area (Å²) in [6.45, 7) is 1.55. The van der Waals surface area contributed by atoms with Crippen LogP contribution in [0.15, 0.2) is 30.0 Å². The Kier molecular flexibility index (Phi) is 5.41. The van der Waals surface area contributed by atoms with E-state index in [-0.39, 0.29) is 11.3 Å². The monoisotopic (exact) mass is 272 g/mol. The van der Waals surface area contributed by atoms with E-state index in [4.69, 9.17) is 0 Å². The Bertz CT molecular complexity index is 487. The van der Waals surface area contributed by atoms with Gasteiger partial charge in [0.25, 0.3) is 5.91 Å². The Morgan fingerprint density at radius 3 is 2.68 bits per heavy atom. The molecule has 0 saturated heterocycles. The third-order valence-corrected chi connectivity index (χ3v) is 2.42. The molecule has 3 nitrogen and oxygen atoms in total. The molecule has 0 heterocycles. The summed E-state index contributed by atoms with van der Waals surface area (Å²) in [5.41, 5.74) is 0.200. The maximum absolute atomic E-state index is 13.7. The standard InChI is InChI=1S/C13H15F3N2O/c1-8-4-3-5-10(12(8)16)18-13(19)9(7-17-2)6-11(14)15/h3-5,7,11,17H,6H2,1-2H3,(H,18,19)/b9-7+. The van der Waals surface area contributed by atoms with Crippen LogP contribution in [0.2, 0.25) is 0 Å². The molecule has 0 unspecified atom stereocenters. The number of hydrogen-bond acceptors (Lipinski definition) is 2. The van der Waals surface area contributed by atoms with Gasteiger partial charge in [0.15, 0.2) is 0 Å². The quantitative estimate of drug-likeness (QED) is 0.809. The molecule has 0 aliphatic heterocycles. The lowest BCUT2D eigenvalue weighted by Gasteiger charge is -2.10. The maximum Gasteiger partial charge on any atom is 0.253 e. The molecule has 0 aromatic heterocycles. The van der Waals surface area contributed by atoms with E-state index in [0.717, 1.165) is 0 Å². The summed E-state index contributed by atoms with van der Waals surface area (Å²) in [5, 5.41) is 4.80. The molecule has 1 amide bonds. The molecule has 0 aliphatic rings. The van der Waals surface area contributed by atoms with Crippen molar-refractivity contribution in [2.24, 2.45) is 0 Å². The largest absolute Gasteiger partial charge is 0.394 e. The topological polar surface area (TPSA) is 41.1 Å². The van der Waals surface area contributed by atoms with Crippen LogP contribution in [0, 0.1) is 12.7 Å². The van der Waals surface area contributed by atoms with Crippen LogP contribution < -0.4 is 10.6 Å². The summed E-state index contributed by atoms with van der Waals surface area (Å²) >= 11 is 0. The lowest BCUT2D eigenvalue weighted by molar-refractivity contribution is -0.113. The molecule has 1 aromatic rings. The summed E-state index contributed by atoms with van der Waals surface area (Å²) in [7, 11) is 1.49. The van der Waals surface area contributed by atoms with E-state index in [0.29, 0.717) is 5.56 Å². The number of benzene rings is 1. The average Bonchev–Trinajstić information content (AvgIpc) is 2.34. The molecular formula is C13H15F3N2O. The number of rotatable bonds is 5. The molecule has 0 atom stereocenters. The fourth-order valence-electron chi connectivity index (χ4n) is 1.50. The lowest BCUT2D eigenvalue weighted by atomic mass is 10.1. The highest BCUT2D eigenvalue weighted by atomic mass is 19.3. The fourth-order valence-corrected chi connectivity index (χ4v) is 1.50. The van der Waals surface area contributed by atoms with Crippen LogP contribution in [0.1, 0.15) is 12.0 Å². The first-order valence-corrected chi connectivity index (χ1v) is 5.66. The smallest absolute Gasteiger partial charge is 0.253 e. The molecule has 0 fully saturated rings. The Morgan fingerprint density at radius 2 is 2.11 bits per heavy atom. The van der Waals surface area contributed by atoms with Crippen LogP contribution in [-0.2, 0) is 4.79 Å². The number of carbonyl (C=O) groups is 1. The van der Waals surface area contributed by atoms with Gasteiger partial charge in [-0.15, -0.1) is 0 Å². The van der Waals surface area contributed by atoms with Gasteiger partial charge >= 0.3 is 0 Å². The minimum atomic E-state index is -2.65. The second-order valence-corrected chi connectivity index (χ2v) is 3.94. The van der Waals surface area contributed by atoms with E-state index >= 15 is 0 Å². The summed E-state index contributed by atoms with van der Waals surface area (Å²) in [6.07, 6.45) is -2.16. The van der Waals surface area contributed by atoms with Gasteiger partial charge in [-0.3, -0.25) is 4.79 Å². The molecule has 1 aromatic carbocycles. The number of anilines is 1. The first-order chi connectivity index (χ1) is 8.95. The van der Waals surface area contributed by atoms with Crippen molar-refractivity contribution >= 4 is 11.6 Å². The first kappa shape index (κ1) is 15.1. The Balaban J connectivity index is 2.88. The minimum absolute atomic E-state index is 0.0266. The second-order valence-electron chi connectivity index (χ2n) is 3.94. The van der Waals surface area contributed by atoms with Gasteiger partial charge in [0.05, 0.1) is 5.69 Å². The highest BCUT2D eigenvalue weighted by molar-refractivity contribution is 6.03. The van der Waals surface area contributed by atoms with Crippen LogP contribution in [-0.4, -0.2) is 19.4 Å². The maximum atomic E-state index is 13.7. The summed E-state index contributed by atoms with van der Waals surface area (Å²) < 4.78 is 38.3. The van der Waals surface area contributed by atoms with Crippen LogP contribution >= 0.6 is 0 Å². The molecule has 2 N–H and O–H groups in total. The Labute approximate surface area is 109 Å². The van der Waals surface area contributed by atoms with Gasteiger partial charge in [0, 0.05) is 25.2 Å². The van der Waals surface area contributed by atoms with Crippen LogP contribution in [0.4, 0.5) is 18.9 Å². The third kappa shape index (κ3) is 4.31. The molecule has 0 spiro atoms. The zero-order valence-electron chi connectivity index (χ0n) is 10.6. The zero-order valence-corrected chi connectivity index (χ0v) is 10.6. The number of alkyl halides is 2. The molecule has 0 saturated carbocycles. The van der Waals surface area contributed by atoms with Crippen LogP contribution in [0.3, 0.4) is 0 Å². The van der Waals surface area contributed by atoms with E-state index in [9.17, 15) is 18.0 Å². The second kappa shape index (κ2) is 6.82. The third-order valence-electron chi connectivity index (χ3n) is 2.42. The lowest BCUT2D eigenvalue weighted by Crippen LogP contribution is -2.19. The van der Waals surface area contributed by atoms with E-state index in [1.54, 1.807) is 19.1 Å². The number of aryl methyl sites for hydroxylation is 1. The normalized spacial score (nSPS) is 11.6. The zero-order chi connectivity index (χ0) is 14.4. The van der Waals surface area contributed by atoms with Crippen LogP contribution in [0.25, 0.3) is 0 Å². The van der Waals surface area contributed by atoms with Crippen molar-refractivity contribution in [2.75, 3.05) is 12.4 Å². The first-order valence-electron chi connectivity index (χ1n) is 5.66. The average molecular weight is 272 g/mol. The molecule has 0 radical (unpaired) electrons. The van der Waals surface area contributed by atoms with Gasteiger partial charge in [-0.25, -0.2) is 13.2 Å². The number of hydrogen-bond donors (Lipinski definition) is 2. The van der Waals surface area contributed by atoms with Crippen molar-refractivity contribution in [3.8, 4) is 0 Å². The van der Waals surface area contributed by atoms with Gasteiger partial charge in [-0.05, 0) is 18.6 Å². The van der Waals surface area contributed by atoms with Crippen molar-refractivity contribution in [3.05, 3.63) is 41.4 Å². The fraction of sp³-hybridized carbons (Fsp3) is 0.308. The van der Waals surface area contributed by atoms with E-state index in [1.807, 2.05) is 0 Å². The van der Waals surface area contributed by atoms with Gasteiger partial charge in [-0.1, -0.05) is 12.1 Å². The number of carbonyl (C=O) groups excluding carboxylic acids is 1. The predicted molar refractivity (Wildman–Crippen MR) is 67.5 cm³/mol. The van der Waals surface area contributed by atoms with Gasteiger partial charge < -0.3 is 10.6 Å². The molecule has 0 aliphatic carbocycles. The number of nitrogens with one attached hydrogen (secondary N) is 2. The van der Waals surface area contributed by atoms with Gasteiger partial charge in [0.1, 0.15) is 5.82 Å². The van der Waals surface area contributed by atoms with Crippen molar-refractivity contribution in [3.63, 3.8) is 0 Å².